The van der Waals surface area contributed by atoms with E-state index in [1.807, 2.05) is 4.68 Å². The van der Waals surface area contributed by atoms with Crippen molar-refractivity contribution < 1.29 is 9.47 Å². The lowest BCUT2D eigenvalue weighted by Crippen LogP contribution is -2.47. The van der Waals surface area contributed by atoms with Gasteiger partial charge in [-0.05, 0) is 29.3 Å². The molecular formula is C12H23BrN4O2. The van der Waals surface area contributed by atoms with Gasteiger partial charge in [0.05, 0.1) is 21.9 Å². The van der Waals surface area contributed by atoms with Crippen molar-refractivity contribution in [2.45, 2.75) is 45.6 Å². The van der Waals surface area contributed by atoms with E-state index < -0.39 is 6.29 Å². The highest BCUT2D eigenvalue weighted by Gasteiger charge is 2.24. The van der Waals surface area contributed by atoms with Gasteiger partial charge < -0.3 is 9.47 Å². The Kier molecular flexibility index (Phi) is 6.95. The van der Waals surface area contributed by atoms with E-state index >= 15 is 0 Å². The van der Waals surface area contributed by atoms with Gasteiger partial charge in [0.15, 0.2) is 6.29 Å². The molecule has 1 unspecified atom stereocenters. The fourth-order valence-electron chi connectivity index (χ4n) is 2.08. The molecule has 110 valence electrons. The minimum atomic E-state index is -0.401. The second-order valence-corrected chi connectivity index (χ2v) is 4.99. The van der Waals surface area contributed by atoms with Crippen molar-refractivity contribution in [1.82, 2.24) is 15.2 Å². The minimum Gasteiger partial charge on any atom is -0.354 e. The highest BCUT2D eigenvalue weighted by atomic mass is 79.9. The van der Waals surface area contributed by atoms with Crippen LogP contribution in [0.3, 0.4) is 0 Å². The predicted octanol–water partition coefficient (Wildman–Crippen LogP) is 1.22. The van der Waals surface area contributed by atoms with E-state index in [0.717, 1.165) is 28.8 Å². The van der Waals surface area contributed by atoms with Crippen molar-refractivity contribution in [3.05, 3.63) is 15.9 Å². The van der Waals surface area contributed by atoms with Crippen LogP contribution in [0.4, 0.5) is 0 Å². The molecule has 0 spiro atoms. The smallest absolute Gasteiger partial charge is 0.173 e. The molecule has 0 radical (unpaired) electrons. The molecule has 0 aliphatic heterocycles. The largest absolute Gasteiger partial charge is 0.354 e. The third kappa shape index (κ3) is 3.76. The van der Waals surface area contributed by atoms with Crippen molar-refractivity contribution in [1.29, 1.82) is 0 Å². The second-order valence-electron chi connectivity index (χ2n) is 4.19. The van der Waals surface area contributed by atoms with Gasteiger partial charge in [-0.2, -0.15) is 5.10 Å². The lowest BCUT2D eigenvalue weighted by atomic mass is 10.1. The normalized spacial score (nSPS) is 13.2. The number of hydrogen-bond acceptors (Lipinski definition) is 5. The molecule has 0 aromatic carbocycles. The molecule has 1 heterocycles. The molecule has 1 aromatic rings. The zero-order valence-electron chi connectivity index (χ0n) is 11.9. The van der Waals surface area contributed by atoms with E-state index in [0.29, 0.717) is 6.42 Å². The van der Waals surface area contributed by atoms with Gasteiger partial charge >= 0.3 is 0 Å². The first-order chi connectivity index (χ1) is 9.12. The average Bonchev–Trinajstić information content (AvgIpc) is 2.74. The van der Waals surface area contributed by atoms with Gasteiger partial charge in [-0.1, -0.05) is 6.92 Å². The monoisotopic (exact) mass is 334 g/mol. The fourth-order valence-corrected chi connectivity index (χ4v) is 2.81. The number of aryl methyl sites for hydroxylation is 2. The average molecular weight is 335 g/mol. The van der Waals surface area contributed by atoms with E-state index in [1.54, 1.807) is 14.2 Å². The number of aromatic nitrogens is 2. The number of nitrogens with one attached hydrogen (secondary N) is 1. The minimum absolute atomic E-state index is 0.141. The Hall–Kier alpha value is -0.470. The molecule has 1 rings (SSSR count). The molecule has 0 aliphatic rings. The first-order valence-corrected chi connectivity index (χ1v) is 7.17. The summed E-state index contributed by atoms with van der Waals surface area (Å²) in [6, 6.07) is -0.141. The highest BCUT2D eigenvalue weighted by Crippen LogP contribution is 2.24. The Bertz CT molecular complexity index is 393. The Balaban J connectivity index is 2.98. The molecule has 0 aliphatic carbocycles. The van der Waals surface area contributed by atoms with E-state index in [-0.39, 0.29) is 6.04 Å². The van der Waals surface area contributed by atoms with Gasteiger partial charge in [0, 0.05) is 27.2 Å². The Morgan fingerprint density at radius 2 is 2.00 bits per heavy atom. The van der Waals surface area contributed by atoms with E-state index in [4.69, 9.17) is 15.3 Å². The van der Waals surface area contributed by atoms with Gasteiger partial charge in [-0.25, -0.2) is 0 Å². The number of halogens is 1. The van der Waals surface area contributed by atoms with Crippen molar-refractivity contribution in [3.8, 4) is 0 Å². The highest BCUT2D eigenvalue weighted by molar-refractivity contribution is 9.10. The lowest BCUT2D eigenvalue weighted by Gasteiger charge is -2.24. The summed E-state index contributed by atoms with van der Waals surface area (Å²) in [5.41, 5.74) is 4.90. The van der Waals surface area contributed by atoms with Gasteiger partial charge in [-0.3, -0.25) is 16.0 Å². The van der Waals surface area contributed by atoms with Crippen molar-refractivity contribution >= 4 is 15.9 Å². The quantitative estimate of drug-likeness (QED) is 0.425. The molecule has 1 atom stereocenters. The summed E-state index contributed by atoms with van der Waals surface area (Å²) in [6.07, 6.45) is 1.16. The summed E-state index contributed by atoms with van der Waals surface area (Å²) in [5, 5.41) is 4.56. The van der Waals surface area contributed by atoms with Crippen LogP contribution in [0, 0.1) is 0 Å². The molecule has 7 heteroatoms. The van der Waals surface area contributed by atoms with Gasteiger partial charge in [0.25, 0.3) is 0 Å². The van der Waals surface area contributed by atoms with Crippen LogP contribution in [0.5, 0.6) is 0 Å². The number of nitrogens with two attached hydrogens (primary N) is 1. The molecule has 6 nitrogen and oxygen atoms in total. The van der Waals surface area contributed by atoms with Crippen LogP contribution in [0.15, 0.2) is 4.47 Å². The van der Waals surface area contributed by atoms with E-state index in [2.05, 4.69) is 40.3 Å². The number of hydrogen-bond donors (Lipinski definition) is 2. The third-order valence-electron chi connectivity index (χ3n) is 3.11. The fraction of sp³-hybridized carbons (Fsp3) is 0.750. The SMILES string of the molecule is CCc1nn(CC)c(CC(NN)C(OC)OC)c1Br. The first-order valence-electron chi connectivity index (χ1n) is 6.38. The number of methoxy groups -OCH3 is 2. The molecule has 0 amide bonds. The number of nitrogens with zero attached hydrogens (tertiary/aromatic N) is 2. The van der Waals surface area contributed by atoms with Crippen molar-refractivity contribution in [2.75, 3.05) is 14.2 Å². The molecule has 0 bridgehead atoms. The predicted molar refractivity (Wildman–Crippen MR) is 77.6 cm³/mol. The summed E-state index contributed by atoms with van der Waals surface area (Å²) >= 11 is 3.62. The summed E-state index contributed by atoms with van der Waals surface area (Å²) in [6.45, 7) is 4.97. The Morgan fingerprint density at radius 3 is 2.42 bits per heavy atom. The third-order valence-corrected chi connectivity index (χ3v) is 4.03. The summed E-state index contributed by atoms with van der Waals surface area (Å²) in [7, 11) is 3.20. The number of rotatable bonds is 8. The Morgan fingerprint density at radius 1 is 1.37 bits per heavy atom. The van der Waals surface area contributed by atoms with E-state index in [1.165, 1.54) is 0 Å². The van der Waals surface area contributed by atoms with Crippen molar-refractivity contribution in [3.63, 3.8) is 0 Å². The Labute approximate surface area is 122 Å². The zero-order chi connectivity index (χ0) is 14.4. The molecule has 3 N–H and O–H groups in total. The zero-order valence-corrected chi connectivity index (χ0v) is 13.5. The van der Waals surface area contributed by atoms with Crippen LogP contribution in [0.2, 0.25) is 0 Å². The van der Waals surface area contributed by atoms with Crippen LogP contribution >= 0.6 is 15.9 Å². The van der Waals surface area contributed by atoms with Gasteiger partial charge in [-0.15, -0.1) is 0 Å². The van der Waals surface area contributed by atoms with Crippen LogP contribution < -0.4 is 11.3 Å². The molecular weight excluding hydrogens is 312 g/mol. The van der Waals surface area contributed by atoms with Crippen LogP contribution in [-0.4, -0.2) is 36.3 Å². The second kappa shape index (κ2) is 7.96. The summed E-state index contributed by atoms with van der Waals surface area (Å²) in [5.74, 6) is 5.60. The molecule has 0 saturated carbocycles. The molecule has 1 aromatic heterocycles. The maximum Gasteiger partial charge on any atom is 0.173 e. The van der Waals surface area contributed by atoms with E-state index in [9.17, 15) is 0 Å². The maximum atomic E-state index is 5.60. The van der Waals surface area contributed by atoms with Crippen LogP contribution in [0.1, 0.15) is 25.2 Å². The summed E-state index contributed by atoms with van der Waals surface area (Å²) < 4.78 is 13.5. The maximum absolute atomic E-state index is 5.60. The van der Waals surface area contributed by atoms with Crippen molar-refractivity contribution in [2.24, 2.45) is 5.84 Å². The van der Waals surface area contributed by atoms with Gasteiger partial charge in [0.2, 0.25) is 0 Å². The standard InChI is InChI=1S/C12H23BrN4O2/c1-5-8-11(13)10(17(6-2)16-8)7-9(15-14)12(18-3)19-4/h9,12,15H,5-7,14H2,1-4H3. The lowest BCUT2D eigenvalue weighted by molar-refractivity contribution is -0.123. The van der Waals surface area contributed by atoms with Crippen LogP contribution in [-0.2, 0) is 28.9 Å². The number of hydrazine groups is 1. The first kappa shape index (κ1) is 16.6. The number of ether oxygens (including phenoxy) is 2. The molecule has 0 saturated heterocycles. The molecule has 19 heavy (non-hydrogen) atoms. The molecule has 0 fully saturated rings. The topological polar surface area (TPSA) is 74.3 Å². The summed E-state index contributed by atoms with van der Waals surface area (Å²) in [4.78, 5) is 0. The van der Waals surface area contributed by atoms with Gasteiger partial charge in [0.1, 0.15) is 0 Å². The van der Waals surface area contributed by atoms with Crippen LogP contribution in [0.25, 0.3) is 0 Å².